The van der Waals surface area contributed by atoms with E-state index in [0.717, 1.165) is 5.56 Å². The Bertz CT molecular complexity index is 865. The summed E-state index contributed by atoms with van der Waals surface area (Å²) in [5, 5.41) is 9.05. The molecule has 2 unspecified atom stereocenters. The van der Waals surface area contributed by atoms with Gasteiger partial charge in [-0.15, -0.1) is 0 Å². The van der Waals surface area contributed by atoms with Crippen molar-refractivity contribution in [2.45, 2.75) is 19.8 Å². The summed E-state index contributed by atoms with van der Waals surface area (Å²) in [6, 6.07) is 14.4. The highest BCUT2D eigenvalue weighted by Crippen LogP contribution is 2.39. The first-order valence-electron chi connectivity index (χ1n) is 9.13. The summed E-state index contributed by atoms with van der Waals surface area (Å²) < 4.78 is 0. The molecule has 6 nitrogen and oxygen atoms in total. The average molecular weight is 400 g/mol. The Labute approximate surface area is 168 Å². The molecule has 1 saturated carbocycles. The maximum Gasteiger partial charge on any atom is 0.228 e. The Kier molecular flexibility index (Phi) is 6.31. The smallest absolute Gasteiger partial charge is 0.228 e. The quantitative estimate of drug-likeness (QED) is 0.668. The van der Waals surface area contributed by atoms with E-state index in [9.17, 15) is 14.4 Å². The lowest BCUT2D eigenvalue weighted by Crippen LogP contribution is -2.29. The number of rotatable bonds is 7. The zero-order valence-corrected chi connectivity index (χ0v) is 16.3. The Morgan fingerprint density at radius 2 is 1.46 bits per heavy atom. The normalized spacial score (nSPS) is 17.5. The zero-order chi connectivity index (χ0) is 20.1. The number of anilines is 2. The highest BCUT2D eigenvalue weighted by Gasteiger charge is 2.47. The second-order valence-corrected chi connectivity index (χ2v) is 7.30. The van der Waals surface area contributed by atoms with Crippen LogP contribution in [0.25, 0.3) is 0 Å². The molecule has 0 bridgehead atoms. The Balaban J connectivity index is 1.41. The van der Waals surface area contributed by atoms with Crippen LogP contribution in [0, 0.1) is 11.8 Å². The molecule has 3 N–H and O–H groups in total. The van der Waals surface area contributed by atoms with Crippen LogP contribution >= 0.6 is 11.6 Å². The first-order chi connectivity index (χ1) is 13.4. The van der Waals surface area contributed by atoms with Gasteiger partial charge in [-0.05, 0) is 54.8 Å². The summed E-state index contributed by atoms with van der Waals surface area (Å²) in [4.78, 5) is 35.5. The highest BCUT2D eigenvalue weighted by atomic mass is 35.5. The summed E-state index contributed by atoms with van der Waals surface area (Å²) in [6.07, 6.45) is 1.27. The first-order valence-corrected chi connectivity index (χ1v) is 9.51. The van der Waals surface area contributed by atoms with E-state index in [1.165, 1.54) is 6.92 Å². The molecule has 0 saturated heterocycles. The number of benzene rings is 2. The molecule has 3 amide bonds. The number of nitrogens with one attached hydrogen (secondary N) is 3. The SMILES string of the molecule is CC(=O)Nc1ccc(NC(=O)C2CC2C(=O)NCCc2ccc(Cl)cc2)cc1. The summed E-state index contributed by atoms with van der Waals surface area (Å²) in [5.74, 6) is -0.977. The Morgan fingerprint density at radius 1 is 0.893 bits per heavy atom. The van der Waals surface area contributed by atoms with Crippen molar-refractivity contribution in [3.05, 3.63) is 59.1 Å². The van der Waals surface area contributed by atoms with Gasteiger partial charge < -0.3 is 16.0 Å². The lowest BCUT2D eigenvalue weighted by Gasteiger charge is -2.07. The zero-order valence-electron chi connectivity index (χ0n) is 15.5. The van der Waals surface area contributed by atoms with Gasteiger partial charge in [0.2, 0.25) is 17.7 Å². The van der Waals surface area contributed by atoms with Crippen LogP contribution in [0.1, 0.15) is 18.9 Å². The van der Waals surface area contributed by atoms with Crippen molar-refractivity contribution in [3.63, 3.8) is 0 Å². The Hall–Kier alpha value is -2.86. The van der Waals surface area contributed by atoms with E-state index in [-0.39, 0.29) is 29.6 Å². The third-order valence-corrected chi connectivity index (χ3v) is 4.81. The van der Waals surface area contributed by atoms with Crippen molar-refractivity contribution in [2.75, 3.05) is 17.2 Å². The minimum absolute atomic E-state index is 0.0879. The topological polar surface area (TPSA) is 87.3 Å². The van der Waals surface area contributed by atoms with Crippen LogP contribution in [0.4, 0.5) is 11.4 Å². The fourth-order valence-corrected chi connectivity index (χ4v) is 3.09. The number of carbonyl (C=O) groups excluding carboxylic acids is 3. The molecule has 0 aliphatic heterocycles. The second-order valence-electron chi connectivity index (χ2n) is 6.86. The molecule has 0 heterocycles. The van der Waals surface area contributed by atoms with Gasteiger partial charge in [-0.2, -0.15) is 0 Å². The molecule has 2 aromatic carbocycles. The maximum absolute atomic E-state index is 12.3. The summed E-state index contributed by atoms with van der Waals surface area (Å²) in [5.41, 5.74) is 2.39. The Morgan fingerprint density at radius 3 is 2.07 bits per heavy atom. The van der Waals surface area contributed by atoms with Crippen LogP contribution in [0.15, 0.2) is 48.5 Å². The van der Waals surface area contributed by atoms with Crippen molar-refractivity contribution >= 4 is 40.7 Å². The van der Waals surface area contributed by atoms with E-state index < -0.39 is 0 Å². The second kappa shape index (κ2) is 8.89. The standard InChI is InChI=1S/C21H22ClN3O3/c1-13(26)24-16-6-8-17(9-7-16)25-21(28)19-12-18(19)20(27)23-11-10-14-2-4-15(22)5-3-14/h2-9,18-19H,10-12H2,1H3,(H,23,27)(H,24,26)(H,25,28). The molecule has 1 fully saturated rings. The van der Waals surface area contributed by atoms with Crippen molar-refractivity contribution < 1.29 is 14.4 Å². The van der Waals surface area contributed by atoms with Gasteiger partial charge >= 0.3 is 0 Å². The molecule has 1 aliphatic carbocycles. The molecule has 7 heteroatoms. The number of hydrogen-bond acceptors (Lipinski definition) is 3. The molecule has 2 aromatic rings. The molecule has 28 heavy (non-hydrogen) atoms. The van der Waals surface area contributed by atoms with Gasteiger partial charge in [-0.25, -0.2) is 0 Å². The van der Waals surface area contributed by atoms with Gasteiger partial charge in [0.25, 0.3) is 0 Å². The molecule has 0 radical (unpaired) electrons. The van der Waals surface area contributed by atoms with Gasteiger partial charge in [0.05, 0.1) is 11.8 Å². The molecule has 1 aliphatic rings. The third kappa shape index (κ3) is 5.57. The monoisotopic (exact) mass is 399 g/mol. The summed E-state index contributed by atoms with van der Waals surface area (Å²) in [6.45, 7) is 1.96. The van der Waals surface area contributed by atoms with Gasteiger partial charge in [0.15, 0.2) is 0 Å². The molecular formula is C21H22ClN3O3. The molecule has 2 atom stereocenters. The van der Waals surface area contributed by atoms with Crippen LogP contribution in [0.5, 0.6) is 0 Å². The van der Waals surface area contributed by atoms with E-state index in [4.69, 9.17) is 11.6 Å². The molecule has 0 spiro atoms. The minimum atomic E-state index is -0.300. The maximum atomic E-state index is 12.3. The van der Waals surface area contributed by atoms with Crippen molar-refractivity contribution in [2.24, 2.45) is 11.8 Å². The van der Waals surface area contributed by atoms with E-state index in [0.29, 0.717) is 35.8 Å². The fraction of sp³-hybridized carbons (Fsp3) is 0.286. The lowest BCUT2D eigenvalue weighted by atomic mass is 10.1. The van der Waals surface area contributed by atoms with Crippen LogP contribution in [-0.2, 0) is 20.8 Å². The first kappa shape index (κ1) is 19.9. The van der Waals surface area contributed by atoms with Crippen molar-refractivity contribution in [1.29, 1.82) is 0 Å². The summed E-state index contributed by atoms with van der Waals surface area (Å²) >= 11 is 5.85. The third-order valence-electron chi connectivity index (χ3n) is 4.56. The van der Waals surface area contributed by atoms with Gasteiger partial charge in [0.1, 0.15) is 0 Å². The lowest BCUT2D eigenvalue weighted by molar-refractivity contribution is -0.125. The number of halogens is 1. The fourth-order valence-electron chi connectivity index (χ4n) is 2.96. The number of hydrogen-bond donors (Lipinski definition) is 3. The van der Waals surface area contributed by atoms with Crippen LogP contribution in [0.2, 0.25) is 5.02 Å². The number of carbonyl (C=O) groups is 3. The van der Waals surface area contributed by atoms with E-state index in [1.807, 2.05) is 24.3 Å². The average Bonchev–Trinajstić information content (AvgIpc) is 3.45. The molecule has 3 rings (SSSR count). The van der Waals surface area contributed by atoms with Gasteiger partial charge in [0, 0.05) is 29.9 Å². The number of amides is 3. The van der Waals surface area contributed by atoms with Gasteiger partial charge in [-0.1, -0.05) is 23.7 Å². The van der Waals surface area contributed by atoms with Crippen LogP contribution in [0.3, 0.4) is 0 Å². The predicted molar refractivity (Wildman–Crippen MR) is 109 cm³/mol. The van der Waals surface area contributed by atoms with E-state index in [1.54, 1.807) is 24.3 Å². The molecular weight excluding hydrogens is 378 g/mol. The van der Waals surface area contributed by atoms with Crippen molar-refractivity contribution in [1.82, 2.24) is 5.32 Å². The van der Waals surface area contributed by atoms with Crippen LogP contribution in [-0.4, -0.2) is 24.3 Å². The van der Waals surface area contributed by atoms with Crippen molar-refractivity contribution in [3.8, 4) is 0 Å². The summed E-state index contributed by atoms with van der Waals surface area (Å²) in [7, 11) is 0. The molecule has 146 valence electrons. The van der Waals surface area contributed by atoms with E-state index >= 15 is 0 Å². The largest absolute Gasteiger partial charge is 0.356 e. The predicted octanol–water partition coefficient (Wildman–Crippen LogP) is 3.23. The van der Waals surface area contributed by atoms with E-state index in [2.05, 4.69) is 16.0 Å². The highest BCUT2D eigenvalue weighted by molar-refractivity contribution is 6.30. The van der Waals surface area contributed by atoms with Crippen LogP contribution < -0.4 is 16.0 Å². The minimum Gasteiger partial charge on any atom is -0.356 e. The molecule has 0 aromatic heterocycles. The van der Waals surface area contributed by atoms with Gasteiger partial charge in [-0.3, -0.25) is 14.4 Å².